The summed E-state index contributed by atoms with van der Waals surface area (Å²) in [7, 11) is 1.51. The van der Waals surface area contributed by atoms with Crippen LogP contribution in [0.25, 0.3) is 11.8 Å². The van der Waals surface area contributed by atoms with E-state index in [1.807, 2.05) is 24.5 Å². The molecule has 156 valence electrons. The minimum Gasteiger partial charge on any atom is -0.383 e. The zero-order chi connectivity index (χ0) is 22.0. The molecule has 1 aromatic carbocycles. The molecule has 0 spiro atoms. The highest BCUT2D eigenvalue weighted by atomic mass is 32.1. The molecule has 30 heavy (non-hydrogen) atoms. The number of hydrogen-bond acceptors (Lipinski definition) is 6. The molecular weight excluding hydrogens is 408 g/mol. The van der Waals surface area contributed by atoms with Crippen molar-refractivity contribution in [2.75, 3.05) is 20.3 Å². The van der Waals surface area contributed by atoms with E-state index in [1.165, 1.54) is 30.2 Å². The average molecular weight is 428 g/mol. The van der Waals surface area contributed by atoms with Crippen molar-refractivity contribution in [1.82, 2.24) is 14.8 Å². The molecule has 9 nitrogen and oxygen atoms in total. The summed E-state index contributed by atoms with van der Waals surface area (Å²) >= 11 is 5.09. The lowest BCUT2D eigenvalue weighted by molar-refractivity contribution is -0.384. The Bertz CT molecular complexity index is 1070. The topological polar surface area (TPSA) is 107 Å². The van der Waals surface area contributed by atoms with Crippen molar-refractivity contribution in [3.05, 3.63) is 63.0 Å². The minimum absolute atomic E-state index is 0.000135. The van der Waals surface area contributed by atoms with Crippen molar-refractivity contribution in [1.29, 1.82) is 0 Å². The summed E-state index contributed by atoms with van der Waals surface area (Å²) in [6.07, 6.45) is 1.53. The maximum absolute atomic E-state index is 12.8. The molecule has 2 heterocycles. The first-order chi connectivity index (χ1) is 14.2. The largest absolute Gasteiger partial charge is 0.383 e. The van der Waals surface area contributed by atoms with Crippen molar-refractivity contribution in [3.8, 4) is 5.69 Å². The molecule has 1 fully saturated rings. The van der Waals surface area contributed by atoms with E-state index in [4.69, 9.17) is 17.0 Å². The molecule has 0 aliphatic carbocycles. The summed E-state index contributed by atoms with van der Waals surface area (Å²) in [6.45, 7) is 4.23. The number of nitrogens with one attached hydrogen (secondary N) is 1. The Morgan fingerprint density at radius 3 is 2.50 bits per heavy atom. The molecule has 0 radical (unpaired) electrons. The van der Waals surface area contributed by atoms with Gasteiger partial charge in [-0.3, -0.25) is 29.9 Å². The van der Waals surface area contributed by atoms with Gasteiger partial charge in [-0.25, -0.2) is 0 Å². The maximum atomic E-state index is 12.8. The number of non-ortho nitro benzene ring substituents is 1. The quantitative estimate of drug-likeness (QED) is 0.249. The second-order valence-electron chi connectivity index (χ2n) is 6.70. The first-order valence-corrected chi connectivity index (χ1v) is 9.47. The fourth-order valence-electron chi connectivity index (χ4n) is 3.29. The molecule has 1 aromatic heterocycles. The lowest BCUT2D eigenvalue weighted by Gasteiger charge is -2.28. The van der Waals surface area contributed by atoms with Crippen molar-refractivity contribution in [2.24, 2.45) is 0 Å². The molecule has 3 rings (SSSR count). The van der Waals surface area contributed by atoms with E-state index < -0.39 is 16.7 Å². The highest BCUT2D eigenvalue weighted by Gasteiger charge is 2.33. The number of ether oxygens (including phenoxy) is 1. The Labute approximate surface area is 178 Å². The lowest BCUT2D eigenvalue weighted by Crippen LogP contribution is -2.54. The normalized spacial score (nSPS) is 15.6. The number of carbonyl (C=O) groups is 2. The Morgan fingerprint density at radius 2 is 1.90 bits per heavy atom. The summed E-state index contributed by atoms with van der Waals surface area (Å²) in [6, 6.07) is 8.01. The molecule has 0 unspecified atom stereocenters. The van der Waals surface area contributed by atoms with Gasteiger partial charge in [-0.2, -0.15) is 0 Å². The third kappa shape index (κ3) is 4.00. The molecular formula is C20H20N4O5S. The van der Waals surface area contributed by atoms with Crippen LogP contribution in [0.5, 0.6) is 0 Å². The fraction of sp³-hybridized carbons (Fsp3) is 0.250. The maximum Gasteiger partial charge on any atom is 0.269 e. The number of nitrogens with zero attached hydrogens (tertiary/aromatic N) is 3. The van der Waals surface area contributed by atoms with Gasteiger partial charge >= 0.3 is 0 Å². The van der Waals surface area contributed by atoms with Crippen LogP contribution in [-0.4, -0.2) is 51.6 Å². The van der Waals surface area contributed by atoms with E-state index in [9.17, 15) is 19.7 Å². The summed E-state index contributed by atoms with van der Waals surface area (Å²) in [4.78, 5) is 36.9. The molecule has 1 aliphatic rings. The number of hydrogen-bond donors (Lipinski definition) is 1. The van der Waals surface area contributed by atoms with Crippen LogP contribution < -0.4 is 5.32 Å². The second kappa shape index (κ2) is 8.56. The van der Waals surface area contributed by atoms with E-state index in [0.717, 1.165) is 17.1 Å². The molecule has 0 saturated carbocycles. The van der Waals surface area contributed by atoms with Crippen LogP contribution in [0, 0.1) is 24.0 Å². The number of rotatable bonds is 6. The van der Waals surface area contributed by atoms with E-state index in [0.29, 0.717) is 5.56 Å². The number of nitro groups is 1. The number of benzene rings is 1. The molecule has 1 saturated heterocycles. The standard InChI is InChI=1S/C20H20N4O5S/c1-12-10-14(13(2)23(12)15-4-6-16(7-5-15)24(27)28)11-17-18(25)21-20(30)22(19(17)26)8-9-29-3/h4-7,10-11H,8-9H2,1-3H3,(H,21,25,30). The van der Waals surface area contributed by atoms with Gasteiger partial charge in [0.25, 0.3) is 17.5 Å². The van der Waals surface area contributed by atoms with Crippen LogP contribution in [-0.2, 0) is 14.3 Å². The van der Waals surface area contributed by atoms with Gasteiger partial charge in [-0.15, -0.1) is 0 Å². The molecule has 0 bridgehead atoms. The van der Waals surface area contributed by atoms with Gasteiger partial charge in [0.15, 0.2) is 5.11 Å². The van der Waals surface area contributed by atoms with Gasteiger partial charge in [0, 0.05) is 36.3 Å². The Balaban J connectivity index is 1.98. The first-order valence-electron chi connectivity index (χ1n) is 9.06. The third-order valence-corrected chi connectivity index (χ3v) is 5.12. The van der Waals surface area contributed by atoms with Gasteiger partial charge in [0.05, 0.1) is 18.1 Å². The highest BCUT2D eigenvalue weighted by Crippen LogP contribution is 2.25. The van der Waals surface area contributed by atoms with Gasteiger partial charge < -0.3 is 9.30 Å². The smallest absolute Gasteiger partial charge is 0.269 e. The number of thiocarbonyl (C=S) groups is 1. The monoisotopic (exact) mass is 428 g/mol. The van der Waals surface area contributed by atoms with E-state index >= 15 is 0 Å². The van der Waals surface area contributed by atoms with Crippen LogP contribution in [0.2, 0.25) is 0 Å². The van der Waals surface area contributed by atoms with Crippen LogP contribution in [0.15, 0.2) is 35.9 Å². The van der Waals surface area contributed by atoms with Gasteiger partial charge in [0.2, 0.25) is 0 Å². The minimum atomic E-state index is -0.557. The summed E-state index contributed by atoms with van der Waals surface area (Å²) in [5.74, 6) is -1.04. The molecule has 2 aromatic rings. The van der Waals surface area contributed by atoms with Gasteiger partial charge in [-0.1, -0.05) is 0 Å². The Hall–Kier alpha value is -3.37. The molecule has 10 heteroatoms. The molecule has 2 amide bonds. The van der Waals surface area contributed by atoms with Crippen molar-refractivity contribution < 1.29 is 19.2 Å². The Kier molecular flexibility index (Phi) is 6.09. The van der Waals surface area contributed by atoms with Crippen molar-refractivity contribution in [3.63, 3.8) is 0 Å². The Morgan fingerprint density at radius 1 is 1.23 bits per heavy atom. The van der Waals surface area contributed by atoms with Crippen molar-refractivity contribution >= 4 is 40.9 Å². The van der Waals surface area contributed by atoms with Crippen molar-refractivity contribution in [2.45, 2.75) is 13.8 Å². The number of methoxy groups -OCH3 is 1. The zero-order valence-corrected chi connectivity index (χ0v) is 17.5. The molecule has 0 atom stereocenters. The second-order valence-corrected chi connectivity index (χ2v) is 7.09. The average Bonchev–Trinajstić information content (AvgIpc) is 2.98. The van der Waals surface area contributed by atoms with Gasteiger partial charge in [0.1, 0.15) is 5.57 Å². The zero-order valence-electron chi connectivity index (χ0n) is 16.7. The van der Waals surface area contributed by atoms with E-state index in [1.54, 1.807) is 12.1 Å². The molecule has 1 N–H and O–H groups in total. The third-order valence-electron chi connectivity index (χ3n) is 4.79. The SMILES string of the molecule is COCCN1C(=O)C(=Cc2cc(C)n(-c3ccc([N+](=O)[O-])cc3)c2C)C(=O)NC1=S. The first kappa shape index (κ1) is 21.3. The highest BCUT2D eigenvalue weighted by molar-refractivity contribution is 7.80. The summed E-state index contributed by atoms with van der Waals surface area (Å²) in [5, 5.41) is 13.5. The predicted molar refractivity (Wildman–Crippen MR) is 114 cm³/mol. The van der Waals surface area contributed by atoms with E-state index in [2.05, 4.69) is 5.32 Å². The fourth-order valence-corrected chi connectivity index (χ4v) is 3.56. The number of nitro benzene ring substituents is 1. The summed E-state index contributed by atoms with van der Waals surface area (Å²) < 4.78 is 6.90. The van der Waals surface area contributed by atoms with E-state index in [-0.39, 0.29) is 29.5 Å². The van der Waals surface area contributed by atoms with Crippen LogP contribution in [0.4, 0.5) is 5.69 Å². The van der Waals surface area contributed by atoms with Crippen LogP contribution >= 0.6 is 12.2 Å². The van der Waals surface area contributed by atoms with Gasteiger partial charge in [-0.05, 0) is 55.9 Å². The number of aryl methyl sites for hydroxylation is 1. The lowest BCUT2D eigenvalue weighted by atomic mass is 10.1. The predicted octanol–water partition coefficient (Wildman–Crippen LogP) is 2.28. The number of aromatic nitrogens is 1. The summed E-state index contributed by atoms with van der Waals surface area (Å²) in [5.41, 5.74) is 3.03. The number of carbonyl (C=O) groups excluding carboxylic acids is 2. The van der Waals surface area contributed by atoms with Crippen LogP contribution in [0.1, 0.15) is 17.0 Å². The van der Waals surface area contributed by atoms with Crippen LogP contribution in [0.3, 0.4) is 0 Å². The molecule has 1 aliphatic heterocycles. The number of amides is 2.